The second-order valence-corrected chi connectivity index (χ2v) is 4.11. The van der Waals surface area contributed by atoms with E-state index in [9.17, 15) is 9.59 Å². The van der Waals surface area contributed by atoms with E-state index in [0.29, 0.717) is 11.1 Å². The highest BCUT2D eigenvalue weighted by atomic mass is 16.5. The molecule has 0 saturated carbocycles. The van der Waals surface area contributed by atoms with Crippen LogP contribution >= 0.6 is 0 Å². The van der Waals surface area contributed by atoms with Crippen LogP contribution in [0.15, 0.2) is 48.8 Å². The predicted octanol–water partition coefficient (Wildman–Crippen LogP) is 2.43. The van der Waals surface area contributed by atoms with Crippen LogP contribution in [0.2, 0.25) is 0 Å². The van der Waals surface area contributed by atoms with E-state index in [1.807, 2.05) is 19.1 Å². The first-order valence-corrected chi connectivity index (χ1v) is 5.84. The SMILES string of the molecule is Cc1ccc(C(=O)COC(=O)c2cccnc2)cc1. The Morgan fingerprint density at radius 2 is 1.84 bits per heavy atom. The lowest BCUT2D eigenvalue weighted by Crippen LogP contribution is -2.14. The fraction of sp³-hybridized carbons (Fsp3) is 0.133. The standard InChI is InChI=1S/C15H13NO3/c1-11-4-6-12(7-5-11)14(17)10-19-15(18)13-3-2-8-16-9-13/h2-9H,10H2,1H3. The van der Waals surface area contributed by atoms with Crippen molar-refractivity contribution in [3.63, 3.8) is 0 Å². The Bertz CT molecular complexity index is 576. The number of Topliss-reactive ketones (excluding diaryl/α,β-unsaturated/α-hetero) is 1. The molecule has 0 aliphatic carbocycles. The molecule has 0 spiro atoms. The van der Waals surface area contributed by atoms with Gasteiger partial charge in [-0.3, -0.25) is 9.78 Å². The molecule has 1 aromatic heterocycles. The molecular formula is C15H13NO3. The van der Waals surface area contributed by atoms with E-state index >= 15 is 0 Å². The zero-order valence-corrected chi connectivity index (χ0v) is 10.5. The van der Waals surface area contributed by atoms with E-state index in [1.54, 1.807) is 30.5 Å². The summed E-state index contributed by atoms with van der Waals surface area (Å²) in [7, 11) is 0. The maximum absolute atomic E-state index is 11.8. The number of pyridine rings is 1. The van der Waals surface area contributed by atoms with Crippen molar-refractivity contribution >= 4 is 11.8 Å². The van der Waals surface area contributed by atoms with Crippen molar-refractivity contribution < 1.29 is 14.3 Å². The lowest BCUT2D eigenvalue weighted by Gasteiger charge is -2.04. The molecule has 2 rings (SSSR count). The third-order valence-electron chi connectivity index (χ3n) is 2.61. The number of nitrogens with zero attached hydrogens (tertiary/aromatic N) is 1. The monoisotopic (exact) mass is 255 g/mol. The Morgan fingerprint density at radius 3 is 2.47 bits per heavy atom. The molecule has 4 heteroatoms. The summed E-state index contributed by atoms with van der Waals surface area (Å²) in [5, 5.41) is 0. The van der Waals surface area contributed by atoms with Gasteiger partial charge in [0.15, 0.2) is 12.4 Å². The van der Waals surface area contributed by atoms with E-state index in [4.69, 9.17) is 4.74 Å². The first-order valence-electron chi connectivity index (χ1n) is 5.84. The van der Waals surface area contributed by atoms with Crippen LogP contribution in [0.4, 0.5) is 0 Å². The topological polar surface area (TPSA) is 56.3 Å². The van der Waals surface area contributed by atoms with Gasteiger partial charge in [0.2, 0.25) is 0 Å². The maximum Gasteiger partial charge on any atom is 0.340 e. The molecule has 0 atom stereocenters. The number of hydrogen-bond acceptors (Lipinski definition) is 4. The summed E-state index contributed by atoms with van der Waals surface area (Å²) in [5.74, 6) is -0.772. The number of aromatic nitrogens is 1. The minimum atomic E-state index is -0.548. The Labute approximate surface area is 111 Å². The summed E-state index contributed by atoms with van der Waals surface area (Å²) in [6, 6.07) is 10.3. The molecule has 96 valence electrons. The number of carbonyl (C=O) groups excluding carboxylic acids is 2. The summed E-state index contributed by atoms with van der Waals surface area (Å²) < 4.78 is 4.95. The van der Waals surface area contributed by atoms with Crippen LogP contribution < -0.4 is 0 Å². The van der Waals surface area contributed by atoms with E-state index < -0.39 is 5.97 Å². The summed E-state index contributed by atoms with van der Waals surface area (Å²) >= 11 is 0. The summed E-state index contributed by atoms with van der Waals surface area (Å²) in [4.78, 5) is 27.2. The van der Waals surface area contributed by atoms with Crippen molar-refractivity contribution in [3.05, 3.63) is 65.5 Å². The van der Waals surface area contributed by atoms with Gasteiger partial charge < -0.3 is 4.74 Å². The van der Waals surface area contributed by atoms with Crippen LogP contribution in [0.5, 0.6) is 0 Å². The van der Waals surface area contributed by atoms with E-state index in [2.05, 4.69) is 4.98 Å². The van der Waals surface area contributed by atoms with Crippen molar-refractivity contribution in [2.24, 2.45) is 0 Å². The van der Waals surface area contributed by atoms with Crippen molar-refractivity contribution in [2.75, 3.05) is 6.61 Å². The number of ether oxygens (including phenoxy) is 1. The van der Waals surface area contributed by atoms with E-state index in [-0.39, 0.29) is 12.4 Å². The molecule has 0 radical (unpaired) electrons. The van der Waals surface area contributed by atoms with Crippen molar-refractivity contribution in [1.82, 2.24) is 4.98 Å². The fourth-order valence-corrected chi connectivity index (χ4v) is 1.52. The molecule has 19 heavy (non-hydrogen) atoms. The fourth-order valence-electron chi connectivity index (χ4n) is 1.52. The summed E-state index contributed by atoms with van der Waals surface area (Å²) in [6.45, 7) is 1.67. The number of aryl methyl sites for hydroxylation is 1. The van der Waals surface area contributed by atoms with Gasteiger partial charge in [0, 0.05) is 18.0 Å². The first-order chi connectivity index (χ1) is 9.16. The molecule has 0 saturated heterocycles. The van der Waals surface area contributed by atoms with Crippen LogP contribution in [-0.4, -0.2) is 23.3 Å². The molecule has 0 aliphatic rings. The van der Waals surface area contributed by atoms with E-state index in [1.165, 1.54) is 6.20 Å². The van der Waals surface area contributed by atoms with Gasteiger partial charge in [0.05, 0.1) is 5.56 Å². The zero-order valence-electron chi connectivity index (χ0n) is 10.5. The Kier molecular flexibility index (Phi) is 4.03. The Balaban J connectivity index is 1.94. The third kappa shape index (κ3) is 3.48. The minimum Gasteiger partial charge on any atom is -0.454 e. The quantitative estimate of drug-likeness (QED) is 0.622. The first kappa shape index (κ1) is 13.0. The molecular weight excluding hydrogens is 242 g/mol. The highest BCUT2D eigenvalue weighted by Crippen LogP contribution is 2.05. The van der Waals surface area contributed by atoms with Gasteiger partial charge in [-0.25, -0.2) is 4.79 Å². The summed E-state index contributed by atoms with van der Waals surface area (Å²) in [5.41, 5.74) is 1.94. The Hall–Kier alpha value is -2.49. The van der Waals surface area contributed by atoms with Gasteiger partial charge in [-0.1, -0.05) is 29.8 Å². The van der Waals surface area contributed by atoms with Gasteiger partial charge in [0.25, 0.3) is 0 Å². The maximum atomic E-state index is 11.8. The Morgan fingerprint density at radius 1 is 1.11 bits per heavy atom. The number of esters is 1. The van der Waals surface area contributed by atoms with Crippen molar-refractivity contribution in [2.45, 2.75) is 6.92 Å². The molecule has 0 amide bonds. The molecule has 0 bridgehead atoms. The molecule has 0 aliphatic heterocycles. The molecule has 1 aromatic carbocycles. The largest absolute Gasteiger partial charge is 0.454 e. The van der Waals surface area contributed by atoms with Gasteiger partial charge in [-0.15, -0.1) is 0 Å². The van der Waals surface area contributed by atoms with Crippen molar-refractivity contribution in [1.29, 1.82) is 0 Å². The second-order valence-electron chi connectivity index (χ2n) is 4.11. The van der Waals surface area contributed by atoms with E-state index in [0.717, 1.165) is 5.56 Å². The average molecular weight is 255 g/mol. The smallest absolute Gasteiger partial charge is 0.340 e. The van der Waals surface area contributed by atoms with Gasteiger partial charge >= 0.3 is 5.97 Å². The lowest BCUT2D eigenvalue weighted by atomic mass is 10.1. The zero-order chi connectivity index (χ0) is 13.7. The number of ketones is 1. The van der Waals surface area contributed by atoms with Crippen LogP contribution in [0.25, 0.3) is 0 Å². The molecule has 2 aromatic rings. The average Bonchev–Trinajstić information content (AvgIpc) is 2.46. The molecule has 0 unspecified atom stereocenters. The van der Waals surface area contributed by atoms with Crippen LogP contribution in [0.1, 0.15) is 26.3 Å². The highest BCUT2D eigenvalue weighted by Gasteiger charge is 2.11. The van der Waals surface area contributed by atoms with Crippen LogP contribution in [0.3, 0.4) is 0 Å². The minimum absolute atomic E-state index is 0.225. The normalized spacial score (nSPS) is 9.95. The highest BCUT2D eigenvalue weighted by molar-refractivity contribution is 5.99. The number of benzene rings is 1. The lowest BCUT2D eigenvalue weighted by molar-refractivity contribution is 0.0474. The second kappa shape index (κ2) is 5.91. The number of rotatable bonds is 4. The number of carbonyl (C=O) groups is 2. The van der Waals surface area contributed by atoms with Crippen LogP contribution in [0, 0.1) is 6.92 Å². The third-order valence-corrected chi connectivity index (χ3v) is 2.61. The molecule has 0 N–H and O–H groups in total. The molecule has 1 heterocycles. The van der Waals surface area contributed by atoms with Gasteiger partial charge in [-0.05, 0) is 19.1 Å². The summed E-state index contributed by atoms with van der Waals surface area (Å²) in [6.07, 6.45) is 2.97. The molecule has 0 fully saturated rings. The van der Waals surface area contributed by atoms with Gasteiger partial charge in [-0.2, -0.15) is 0 Å². The van der Waals surface area contributed by atoms with Gasteiger partial charge in [0.1, 0.15) is 0 Å². The molecule has 4 nitrogen and oxygen atoms in total. The predicted molar refractivity (Wildman–Crippen MR) is 70.0 cm³/mol. The number of hydrogen-bond donors (Lipinski definition) is 0. The van der Waals surface area contributed by atoms with Crippen LogP contribution in [-0.2, 0) is 4.74 Å². The van der Waals surface area contributed by atoms with Crippen molar-refractivity contribution in [3.8, 4) is 0 Å².